The van der Waals surface area contributed by atoms with Crippen LogP contribution in [0.3, 0.4) is 0 Å². The Labute approximate surface area is 145 Å². The normalized spacial score (nSPS) is 11.5. The summed E-state index contributed by atoms with van der Waals surface area (Å²) in [6, 6.07) is 4.59. The molecule has 1 amide bonds. The van der Waals surface area contributed by atoms with Gasteiger partial charge in [-0.1, -0.05) is 23.4 Å². The van der Waals surface area contributed by atoms with Gasteiger partial charge in [0.1, 0.15) is 5.03 Å². The molecule has 1 N–H and O–H groups in total. The van der Waals surface area contributed by atoms with Crippen molar-refractivity contribution in [2.24, 2.45) is 0 Å². The number of nitrogens with zero attached hydrogens (tertiary/aromatic N) is 1. The van der Waals surface area contributed by atoms with Crippen LogP contribution in [0.1, 0.15) is 15.9 Å². The van der Waals surface area contributed by atoms with Crippen LogP contribution < -0.4 is 40.0 Å². The summed E-state index contributed by atoms with van der Waals surface area (Å²) >= 11 is 1.17. The quantitative estimate of drug-likeness (QED) is 0.700. The fraction of sp³-hybridized carbons (Fsp3) is 0.167. The van der Waals surface area contributed by atoms with Crippen molar-refractivity contribution < 1.29 is 43.7 Å². The molecular formula is C12H11N2NaO3S2. The molecule has 20 heavy (non-hydrogen) atoms. The Morgan fingerprint density at radius 2 is 2.15 bits per heavy atom. The van der Waals surface area contributed by atoms with E-state index >= 15 is 0 Å². The number of hydrogen-bond donors (Lipinski definition) is 1. The molecule has 2 rings (SSSR count). The summed E-state index contributed by atoms with van der Waals surface area (Å²) < 4.78 is 11.2. The van der Waals surface area contributed by atoms with Crippen LogP contribution >= 0.6 is 11.3 Å². The Kier molecular flexibility index (Phi) is 6.35. The minimum absolute atomic E-state index is 0. The van der Waals surface area contributed by atoms with Crippen molar-refractivity contribution in [2.75, 3.05) is 11.6 Å². The Morgan fingerprint density at radius 1 is 1.45 bits per heavy atom. The predicted molar refractivity (Wildman–Crippen MR) is 73.0 cm³/mol. The smallest absolute Gasteiger partial charge is 0.872 e. The van der Waals surface area contributed by atoms with E-state index in [1.165, 1.54) is 29.7 Å². The van der Waals surface area contributed by atoms with Gasteiger partial charge in [-0.2, -0.15) is 0 Å². The second-order valence-electron chi connectivity index (χ2n) is 3.90. The van der Waals surface area contributed by atoms with Crippen LogP contribution in [0.15, 0.2) is 28.6 Å². The van der Waals surface area contributed by atoms with Gasteiger partial charge in [0.2, 0.25) is 0 Å². The maximum atomic E-state index is 11.9. The van der Waals surface area contributed by atoms with Gasteiger partial charge >= 0.3 is 29.6 Å². The number of carbonyl (C=O) groups is 1. The number of hydrogen-bond acceptors (Lipinski definition) is 5. The van der Waals surface area contributed by atoms with Gasteiger partial charge in [-0.25, -0.2) is 4.98 Å². The molecule has 0 radical (unpaired) electrons. The molecule has 2 aromatic rings. The zero-order chi connectivity index (χ0) is 14.0. The SMILES string of the molecule is Cc1ccc(C(=O)Nc2nc(S(C)=O)cs2)c([O-])c1.[Na+]. The number of nitrogens with one attached hydrogen (secondary N) is 1. The molecule has 0 aliphatic carbocycles. The van der Waals surface area contributed by atoms with E-state index < -0.39 is 16.7 Å². The number of aromatic nitrogens is 1. The van der Waals surface area contributed by atoms with E-state index in [4.69, 9.17) is 0 Å². The summed E-state index contributed by atoms with van der Waals surface area (Å²) in [7, 11) is -1.19. The van der Waals surface area contributed by atoms with Crippen LogP contribution in [-0.4, -0.2) is 21.4 Å². The van der Waals surface area contributed by atoms with Crippen molar-refractivity contribution in [1.82, 2.24) is 4.98 Å². The third-order valence-electron chi connectivity index (χ3n) is 2.38. The number of anilines is 1. The van der Waals surface area contributed by atoms with Gasteiger partial charge in [0.25, 0.3) is 5.91 Å². The topological polar surface area (TPSA) is 82.1 Å². The Morgan fingerprint density at radius 3 is 2.70 bits per heavy atom. The molecule has 0 aliphatic rings. The molecule has 1 atom stereocenters. The zero-order valence-electron chi connectivity index (χ0n) is 11.3. The number of rotatable bonds is 3. The van der Waals surface area contributed by atoms with Crippen LogP contribution in [0, 0.1) is 6.92 Å². The van der Waals surface area contributed by atoms with Crippen LogP contribution in [0.25, 0.3) is 0 Å². The zero-order valence-corrected chi connectivity index (χ0v) is 14.9. The first-order valence-corrected chi connectivity index (χ1v) is 7.79. The van der Waals surface area contributed by atoms with Gasteiger partial charge < -0.3 is 5.11 Å². The number of carbonyl (C=O) groups excluding carboxylic acids is 1. The number of aryl methyl sites for hydroxylation is 1. The molecule has 100 valence electrons. The van der Waals surface area contributed by atoms with Gasteiger partial charge in [0, 0.05) is 17.2 Å². The van der Waals surface area contributed by atoms with Crippen LogP contribution in [0.5, 0.6) is 5.75 Å². The average molecular weight is 318 g/mol. The molecule has 0 saturated carbocycles. The molecule has 1 aromatic carbocycles. The molecule has 0 aliphatic heterocycles. The second kappa shape index (κ2) is 7.33. The van der Waals surface area contributed by atoms with E-state index in [2.05, 4.69) is 10.3 Å². The molecule has 1 unspecified atom stereocenters. The maximum absolute atomic E-state index is 11.9. The molecule has 1 heterocycles. The molecule has 1 aromatic heterocycles. The van der Waals surface area contributed by atoms with Gasteiger partial charge in [0.05, 0.1) is 10.8 Å². The van der Waals surface area contributed by atoms with E-state index in [0.29, 0.717) is 10.2 Å². The van der Waals surface area contributed by atoms with Crippen molar-refractivity contribution in [2.45, 2.75) is 11.9 Å². The predicted octanol–water partition coefficient (Wildman–Crippen LogP) is -1.48. The average Bonchev–Trinajstić information content (AvgIpc) is 2.77. The maximum Gasteiger partial charge on any atom is 1.00 e. The number of amides is 1. The van der Waals surface area contributed by atoms with Crippen molar-refractivity contribution in [3.05, 3.63) is 34.7 Å². The van der Waals surface area contributed by atoms with Crippen LogP contribution in [-0.2, 0) is 10.8 Å². The molecular weight excluding hydrogens is 307 g/mol. The van der Waals surface area contributed by atoms with E-state index in [1.807, 2.05) is 0 Å². The van der Waals surface area contributed by atoms with Crippen molar-refractivity contribution in [3.8, 4) is 5.75 Å². The van der Waals surface area contributed by atoms with E-state index in [0.717, 1.165) is 5.56 Å². The third kappa shape index (κ3) is 4.13. The van der Waals surface area contributed by atoms with E-state index in [-0.39, 0.29) is 40.9 Å². The number of benzene rings is 1. The van der Waals surface area contributed by atoms with Crippen LogP contribution in [0.4, 0.5) is 5.13 Å². The second-order valence-corrected chi connectivity index (χ2v) is 6.08. The molecule has 0 bridgehead atoms. The molecule has 0 spiro atoms. The summed E-state index contributed by atoms with van der Waals surface area (Å²) in [5.41, 5.74) is 0.874. The molecule has 5 nitrogen and oxygen atoms in total. The monoisotopic (exact) mass is 318 g/mol. The summed E-state index contributed by atoms with van der Waals surface area (Å²) in [5.74, 6) is -0.832. The van der Waals surface area contributed by atoms with Gasteiger partial charge in [-0.05, 0) is 13.0 Å². The minimum Gasteiger partial charge on any atom is -0.872 e. The Bertz CT molecular complexity index is 658. The van der Waals surface area contributed by atoms with E-state index in [1.54, 1.807) is 18.4 Å². The molecule has 0 fully saturated rings. The molecule has 0 saturated heterocycles. The first-order chi connectivity index (χ1) is 8.97. The summed E-state index contributed by atoms with van der Waals surface area (Å²) in [6.07, 6.45) is 1.51. The first kappa shape index (κ1) is 17.3. The minimum atomic E-state index is -1.19. The summed E-state index contributed by atoms with van der Waals surface area (Å²) in [6.45, 7) is 1.78. The van der Waals surface area contributed by atoms with Crippen LogP contribution in [0.2, 0.25) is 0 Å². The van der Waals surface area contributed by atoms with E-state index in [9.17, 15) is 14.1 Å². The fourth-order valence-corrected chi connectivity index (χ4v) is 2.96. The number of thiazole rings is 1. The Balaban J connectivity index is 0.00000200. The summed E-state index contributed by atoms with van der Waals surface area (Å²) in [4.78, 5) is 15.9. The van der Waals surface area contributed by atoms with Gasteiger partial charge in [0.15, 0.2) is 5.13 Å². The summed E-state index contributed by atoms with van der Waals surface area (Å²) in [5, 5.41) is 16.5. The van der Waals surface area contributed by atoms with Crippen molar-refractivity contribution in [3.63, 3.8) is 0 Å². The standard InChI is InChI=1S/C12H12N2O3S2.Na/c1-7-3-4-8(9(15)5-7)11(16)14-12-13-10(6-18-12)19(2)17;/h3-6,15H,1-2H3,(H,13,14,16);/q;+1/p-1. The largest absolute Gasteiger partial charge is 1.00 e. The first-order valence-electron chi connectivity index (χ1n) is 5.35. The molecule has 8 heteroatoms. The van der Waals surface area contributed by atoms with Crippen molar-refractivity contribution in [1.29, 1.82) is 0 Å². The third-order valence-corrected chi connectivity index (χ3v) is 4.08. The fourth-order valence-electron chi connectivity index (χ4n) is 1.43. The van der Waals surface area contributed by atoms with Gasteiger partial charge in [-0.3, -0.25) is 14.3 Å². The van der Waals surface area contributed by atoms with Crippen molar-refractivity contribution >= 4 is 33.2 Å². The Hall–Kier alpha value is -0.730. The van der Waals surface area contributed by atoms with Gasteiger partial charge in [-0.15, -0.1) is 11.3 Å².